The molecule has 2 aromatic heterocycles. The number of nitrogens with zero attached hydrogens (tertiary/aromatic N) is 2. The van der Waals surface area contributed by atoms with E-state index in [9.17, 15) is 8.78 Å². The van der Waals surface area contributed by atoms with Crippen molar-refractivity contribution in [3.63, 3.8) is 0 Å². The van der Waals surface area contributed by atoms with Gasteiger partial charge in [0.1, 0.15) is 6.61 Å². The maximum absolute atomic E-state index is 12.9. The number of alkyl halides is 2. The standard InChI is InChI=1S/C12H14F2N4O/c13-12(14,8-19)7-16-5-10-6-17-18-11(10)9-2-1-3-15-4-9/h1-4,6,16,19H,5,7-8H2,(H,17,18). The number of rotatable bonds is 6. The molecule has 0 aliphatic rings. The summed E-state index contributed by atoms with van der Waals surface area (Å²) in [6.45, 7) is -1.52. The highest BCUT2D eigenvalue weighted by Gasteiger charge is 2.26. The van der Waals surface area contributed by atoms with Crippen LogP contribution in [-0.2, 0) is 6.54 Å². The molecule has 2 heterocycles. The second-order valence-electron chi connectivity index (χ2n) is 4.13. The van der Waals surface area contributed by atoms with E-state index in [0.717, 1.165) is 16.8 Å². The first-order chi connectivity index (χ1) is 9.12. The average Bonchev–Trinajstić information content (AvgIpc) is 2.88. The molecule has 0 fully saturated rings. The van der Waals surface area contributed by atoms with E-state index in [1.54, 1.807) is 24.7 Å². The molecule has 0 radical (unpaired) electrons. The molecular formula is C12H14F2N4O. The summed E-state index contributed by atoms with van der Waals surface area (Å²) in [5.41, 5.74) is 2.35. The molecule has 7 heteroatoms. The Morgan fingerprint density at radius 1 is 1.37 bits per heavy atom. The van der Waals surface area contributed by atoms with Gasteiger partial charge in [-0.1, -0.05) is 0 Å². The van der Waals surface area contributed by atoms with Crippen molar-refractivity contribution in [3.8, 4) is 11.3 Å². The van der Waals surface area contributed by atoms with E-state index in [1.165, 1.54) is 0 Å². The Balaban J connectivity index is 2.01. The van der Waals surface area contributed by atoms with E-state index in [4.69, 9.17) is 5.11 Å². The molecule has 0 aliphatic carbocycles. The van der Waals surface area contributed by atoms with Crippen LogP contribution in [0.1, 0.15) is 5.56 Å². The summed E-state index contributed by atoms with van der Waals surface area (Å²) in [4.78, 5) is 3.99. The first-order valence-electron chi connectivity index (χ1n) is 5.74. The fourth-order valence-electron chi connectivity index (χ4n) is 1.64. The molecule has 3 N–H and O–H groups in total. The summed E-state index contributed by atoms with van der Waals surface area (Å²) in [7, 11) is 0. The molecule has 0 saturated heterocycles. The quantitative estimate of drug-likeness (QED) is 0.735. The minimum atomic E-state index is -3.11. The lowest BCUT2D eigenvalue weighted by Gasteiger charge is -2.13. The maximum Gasteiger partial charge on any atom is 0.282 e. The van der Waals surface area contributed by atoms with Crippen LogP contribution in [0.4, 0.5) is 8.78 Å². The van der Waals surface area contributed by atoms with Crippen LogP contribution in [0.5, 0.6) is 0 Å². The van der Waals surface area contributed by atoms with Crippen molar-refractivity contribution in [1.82, 2.24) is 20.5 Å². The second kappa shape index (κ2) is 5.85. The van der Waals surface area contributed by atoms with Crippen molar-refractivity contribution in [3.05, 3.63) is 36.3 Å². The van der Waals surface area contributed by atoms with Crippen molar-refractivity contribution in [2.75, 3.05) is 13.2 Å². The Kier molecular flexibility index (Phi) is 4.18. The van der Waals surface area contributed by atoms with Crippen LogP contribution in [0.25, 0.3) is 11.3 Å². The fourth-order valence-corrected chi connectivity index (χ4v) is 1.64. The normalized spacial score (nSPS) is 11.7. The first-order valence-corrected chi connectivity index (χ1v) is 5.74. The molecule has 2 rings (SSSR count). The van der Waals surface area contributed by atoms with E-state index >= 15 is 0 Å². The molecule has 0 spiro atoms. The van der Waals surface area contributed by atoms with Crippen molar-refractivity contribution in [1.29, 1.82) is 0 Å². The van der Waals surface area contributed by atoms with Crippen molar-refractivity contribution < 1.29 is 13.9 Å². The topological polar surface area (TPSA) is 73.8 Å². The Hall–Kier alpha value is -1.86. The number of nitrogens with one attached hydrogen (secondary N) is 2. The summed E-state index contributed by atoms with van der Waals surface area (Å²) in [5, 5.41) is 17.8. The molecule has 0 amide bonds. The van der Waals surface area contributed by atoms with Gasteiger partial charge in [-0.15, -0.1) is 0 Å². The third-order valence-electron chi connectivity index (χ3n) is 2.60. The molecule has 0 aliphatic heterocycles. The summed E-state index contributed by atoms with van der Waals surface area (Å²) >= 11 is 0. The van der Waals surface area contributed by atoms with Crippen LogP contribution < -0.4 is 5.32 Å². The summed E-state index contributed by atoms with van der Waals surface area (Å²) in [6, 6.07) is 3.64. The predicted octanol–water partition coefficient (Wildman–Crippen LogP) is 1.19. The molecule has 0 aromatic carbocycles. The lowest BCUT2D eigenvalue weighted by Crippen LogP contribution is -2.35. The van der Waals surface area contributed by atoms with Crippen LogP contribution in [0.15, 0.2) is 30.7 Å². The maximum atomic E-state index is 12.9. The SMILES string of the molecule is OCC(F)(F)CNCc1cn[nH]c1-c1cccnc1. The van der Waals surface area contributed by atoms with E-state index in [0.29, 0.717) is 0 Å². The van der Waals surface area contributed by atoms with Crippen molar-refractivity contribution in [2.24, 2.45) is 0 Å². The Labute approximate surface area is 108 Å². The highest BCUT2D eigenvalue weighted by Crippen LogP contribution is 2.19. The van der Waals surface area contributed by atoms with Gasteiger partial charge in [-0.25, -0.2) is 8.78 Å². The minimum absolute atomic E-state index is 0.232. The molecule has 0 atom stereocenters. The van der Waals surface area contributed by atoms with Gasteiger partial charge in [0.2, 0.25) is 0 Å². The lowest BCUT2D eigenvalue weighted by molar-refractivity contribution is -0.0477. The van der Waals surface area contributed by atoms with Gasteiger partial charge in [0.05, 0.1) is 18.4 Å². The predicted molar refractivity (Wildman–Crippen MR) is 65.6 cm³/mol. The van der Waals surface area contributed by atoms with Crippen molar-refractivity contribution in [2.45, 2.75) is 12.5 Å². The van der Waals surface area contributed by atoms with Gasteiger partial charge in [-0.2, -0.15) is 5.10 Å². The molecule has 2 aromatic rings. The van der Waals surface area contributed by atoms with E-state index in [1.807, 2.05) is 6.07 Å². The number of pyridine rings is 1. The van der Waals surface area contributed by atoms with E-state index < -0.39 is 19.1 Å². The molecular weight excluding hydrogens is 254 g/mol. The number of H-pyrrole nitrogens is 1. The van der Waals surface area contributed by atoms with Gasteiger partial charge < -0.3 is 10.4 Å². The Morgan fingerprint density at radius 3 is 2.89 bits per heavy atom. The molecule has 19 heavy (non-hydrogen) atoms. The molecule has 0 bridgehead atoms. The number of hydrogen-bond acceptors (Lipinski definition) is 4. The Morgan fingerprint density at radius 2 is 2.21 bits per heavy atom. The van der Waals surface area contributed by atoms with Crippen LogP contribution in [-0.4, -0.2) is 39.4 Å². The third kappa shape index (κ3) is 3.55. The molecule has 0 unspecified atom stereocenters. The smallest absolute Gasteiger partial charge is 0.282 e. The minimum Gasteiger partial charge on any atom is -0.390 e. The highest BCUT2D eigenvalue weighted by molar-refractivity contribution is 5.61. The highest BCUT2D eigenvalue weighted by atomic mass is 19.3. The number of aromatic nitrogens is 3. The largest absolute Gasteiger partial charge is 0.390 e. The molecule has 0 saturated carbocycles. The number of aliphatic hydroxyl groups is 1. The summed E-state index contributed by atoms with van der Waals surface area (Å²) in [5.74, 6) is -3.11. The summed E-state index contributed by atoms with van der Waals surface area (Å²) in [6.07, 6.45) is 4.89. The van der Waals surface area contributed by atoms with Gasteiger partial charge in [0, 0.05) is 30.1 Å². The molecule has 102 valence electrons. The summed E-state index contributed by atoms with van der Waals surface area (Å²) < 4.78 is 25.7. The zero-order valence-corrected chi connectivity index (χ0v) is 10.1. The van der Waals surface area contributed by atoms with Gasteiger partial charge in [-0.05, 0) is 12.1 Å². The van der Waals surface area contributed by atoms with E-state index in [2.05, 4.69) is 20.5 Å². The van der Waals surface area contributed by atoms with Crippen LogP contribution in [0, 0.1) is 0 Å². The Bertz CT molecular complexity index is 515. The van der Waals surface area contributed by atoms with Gasteiger partial charge in [0.25, 0.3) is 5.92 Å². The number of hydrogen-bond donors (Lipinski definition) is 3. The zero-order chi connectivity index (χ0) is 13.7. The zero-order valence-electron chi connectivity index (χ0n) is 10.1. The average molecular weight is 268 g/mol. The number of aromatic amines is 1. The lowest BCUT2D eigenvalue weighted by atomic mass is 10.1. The third-order valence-corrected chi connectivity index (χ3v) is 2.60. The monoisotopic (exact) mass is 268 g/mol. The fraction of sp³-hybridized carbons (Fsp3) is 0.333. The number of aliphatic hydroxyl groups excluding tert-OH is 1. The first kappa shape index (κ1) is 13.6. The van der Waals surface area contributed by atoms with E-state index in [-0.39, 0.29) is 6.54 Å². The number of halogens is 2. The van der Waals surface area contributed by atoms with Crippen LogP contribution in [0.2, 0.25) is 0 Å². The second-order valence-corrected chi connectivity index (χ2v) is 4.13. The molecule has 5 nitrogen and oxygen atoms in total. The van der Waals surface area contributed by atoms with Gasteiger partial charge >= 0.3 is 0 Å². The van der Waals surface area contributed by atoms with Crippen molar-refractivity contribution >= 4 is 0 Å². The van der Waals surface area contributed by atoms with Gasteiger partial charge in [-0.3, -0.25) is 10.1 Å². The van der Waals surface area contributed by atoms with Gasteiger partial charge in [0.15, 0.2) is 0 Å². The van der Waals surface area contributed by atoms with Crippen LogP contribution in [0.3, 0.4) is 0 Å². The van der Waals surface area contributed by atoms with Crippen LogP contribution >= 0.6 is 0 Å².